The van der Waals surface area contributed by atoms with Gasteiger partial charge in [0, 0.05) is 63.0 Å². The molecule has 4 heterocycles. The first-order valence-electron chi connectivity index (χ1n) is 8.38. The second-order valence-corrected chi connectivity index (χ2v) is 6.23. The van der Waals surface area contributed by atoms with Crippen LogP contribution in [0.4, 0.5) is 5.82 Å². The van der Waals surface area contributed by atoms with Crippen molar-refractivity contribution in [2.24, 2.45) is 0 Å². The van der Waals surface area contributed by atoms with Crippen LogP contribution in [0.3, 0.4) is 0 Å². The van der Waals surface area contributed by atoms with Crippen molar-refractivity contribution in [2.45, 2.75) is 25.6 Å². The normalized spacial score (nSPS) is 22.1. The molecule has 0 aromatic carbocycles. The van der Waals surface area contributed by atoms with Gasteiger partial charge >= 0.3 is 0 Å². The van der Waals surface area contributed by atoms with Crippen molar-refractivity contribution >= 4 is 5.82 Å². The number of aromatic nitrogens is 3. The minimum absolute atomic E-state index is 0.550. The van der Waals surface area contributed by atoms with E-state index in [1.54, 1.807) is 0 Å². The van der Waals surface area contributed by atoms with E-state index in [0.717, 1.165) is 58.2 Å². The lowest BCUT2D eigenvalue weighted by Gasteiger charge is -2.26. The van der Waals surface area contributed by atoms with Crippen LogP contribution in [0.25, 0.3) is 0 Å². The molecule has 0 radical (unpaired) electrons. The first-order valence-corrected chi connectivity index (χ1v) is 8.38. The highest BCUT2D eigenvalue weighted by Gasteiger charge is 2.27. The van der Waals surface area contributed by atoms with E-state index in [9.17, 15) is 0 Å². The van der Waals surface area contributed by atoms with E-state index >= 15 is 0 Å². The first-order chi connectivity index (χ1) is 11.4. The average Bonchev–Trinajstić information content (AvgIpc) is 3.25. The molecular weight excluding hydrogens is 290 g/mol. The van der Waals surface area contributed by atoms with Gasteiger partial charge in [0.05, 0.1) is 13.2 Å². The van der Waals surface area contributed by atoms with Crippen molar-refractivity contribution in [3.8, 4) is 0 Å². The maximum atomic E-state index is 5.58. The van der Waals surface area contributed by atoms with E-state index in [0.29, 0.717) is 6.04 Å². The van der Waals surface area contributed by atoms with Gasteiger partial charge < -0.3 is 9.64 Å². The molecule has 0 spiro atoms. The van der Waals surface area contributed by atoms with Gasteiger partial charge in [-0.15, -0.1) is 0 Å². The Morgan fingerprint density at radius 3 is 3.00 bits per heavy atom. The topological polar surface area (TPSA) is 46.4 Å². The first kappa shape index (κ1) is 14.7. The van der Waals surface area contributed by atoms with Gasteiger partial charge in [0.2, 0.25) is 0 Å². The summed E-state index contributed by atoms with van der Waals surface area (Å²) < 4.78 is 7.56. The van der Waals surface area contributed by atoms with Gasteiger partial charge in [-0.2, -0.15) is 5.10 Å². The average molecular weight is 313 g/mol. The molecule has 6 heteroatoms. The molecular formula is C17H23N5O. The zero-order valence-electron chi connectivity index (χ0n) is 13.3. The molecule has 2 aliphatic rings. The third-order valence-electron chi connectivity index (χ3n) is 4.78. The molecule has 1 fully saturated rings. The minimum Gasteiger partial charge on any atom is -0.380 e. The van der Waals surface area contributed by atoms with Crippen LogP contribution in [0.1, 0.15) is 12.0 Å². The lowest BCUT2D eigenvalue weighted by atomic mass is 10.2. The maximum Gasteiger partial charge on any atom is 0.133 e. The molecule has 2 aromatic rings. The molecule has 4 rings (SSSR count). The van der Waals surface area contributed by atoms with Crippen molar-refractivity contribution in [3.05, 3.63) is 42.4 Å². The Hall–Kier alpha value is -1.92. The summed E-state index contributed by atoms with van der Waals surface area (Å²) in [5, 5.41) is 4.30. The number of nitrogens with zero attached hydrogens (tertiary/aromatic N) is 5. The quantitative estimate of drug-likeness (QED) is 0.853. The number of ether oxygens (including phenoxy) is 1. The van der Waals surface area contributed by atoms with Gasteiger partial charge in [-0.05, 0) is 18.6 Å². The Morgan fingerprint density at radius 1 is 1.17 bits per heavy atom. The van der Waals surface area contributed by atoms with Crippen LogP contribution in [-0.4, -0.2) is 58.6 Å². The molecule has 1 unspecified atom stereocenters. The van der Waals surface area contributed by atoms with Crippen LogP contribution < -0.4 is 4.90 Å². The Kier molecular flexibility index (Phi) is 4.26. The van der Waals surface area contributed by atoms with Crippen LogP contribution in [0.15, 0.2) is 36.8 Å². The number of anilines is 1. The monoisotopic (exact) mass is 313 g/mol. The Bertz CT molecular complexity index is 624. The molecule has 0 amide bonds. The van der Waals surface area contributed by atoms with Crippen molar-refractivity contribution in [1.29, 1.82) is 0 Å². The molecule has 2 aliphatic heterocycles. The fourth-order valence-corrected chi connectivity index (χ4v) is 3.49. The second-order valence-electron chi connectivity index (χ2n) is 6.23. The summed E-state index contributed by atoms with van der Waals surface area (Å²) in [6.07, 6.45) is 6.88. The van der Waals surface area contributed by atoms with Gasteiger partial charge in [-0.3, -0.25) is 9.58 Å². The summed E-state index contributed by atoms with van der Waals surface area (Å²) in [5.74, 6) is 1.13. The summed E-state index contributed by atoms with van der Waals surface area (Å²) in [5.41, 5.74) is 1.32. The summed E-state index contributed by atoms with van der Waals surface area (Å²) >= 11 is 0. The van der Waals surface area contributed by atoms with Gasteiger partial charge in [-0.25, -0.2) is 4.98 Å². The third-order valence-corrected chi connectivity index (χ3v) is 4.78. The van der Waals surface area contributed by atoms with Crippen LogP contribution in [0.2, 0.25) is 0 Å². The van der Waals surface area contributed by atoms with Crippen LogP contribution in [-0.2, 0) is 17.8 Å². The van der Waals surface area contributed by atoms with E-state index in [1.807, 2.05) is 35.4 Å². The highest BCUT2D eigenvalue weighted by atomic mass is 16.5. The van der Waals surface area contributed by atoms with Crippen molar-refractivity contribution in [3.63, 3.8) is 0 Å². The molecule has 122 valence electrons. The standard InChI is InChI=1S/C17H23N5O/c1-3-15-13-21(16-4-12-23-14-16)9-8-20(17(15)18-5-1)10-11-22-7-2-6-19-22/h1-3,5-7,16H,4,8-14H2. The minimum atomic E-state index is 0.550. The van der Waals surface area contributed by atoms with Crippen LogP contribution in [0.5, 0.6) is 0 Å². The van der Waals surface area contributed by atoms with Crippen molar-refractivity contribution < 1.29 is 4.74 Å². The van der Waals surface area contributed by atoms with Crippen LogP contribution in [0, 0.1) is 0 Å². The number of hydrogen-bond acceptors (Lipinski definition) is 5. The molecule has 0 N–H and O–H groups in total. The van der Waals surface area contributed by atoms with E-state index in [4.69, 9.17) is 4.74 Å². The fourth-order valence-electron chi connectivity index (χ4n) is 3.49. The van der Waals surface area contributed by atoms with E-state index in [2.05, 4.69) is 25.9 Å². The maximum absolute atomic E-state index is 5.58. The molecule has 6 nitrogen and oxygen atoms in total. The Labute approximate surface area is 136 Å². The van der Waals surface area contributed by atoms with Crippen molar-refractivity contribution in [2.75, 3.05) is 37.7 Å². The largest absolute Gasteiger partial charge is 0.380 e. The molecule has 0 aliphatic carbocycles. The molecule has 1 saturated heterocycles. The lowest BCUT2D eigenvalue weighted by Crippen LogP contribution is -2.39. The predicted octanol–water partition coefficient (Wildman–Crippen LogP) is 1.39. The smallest absolute Gasteiger partial charge is 0.133 e. The van der Waals surface area contributed by atoms with Crippen molar-refractivity contribution in [1.82, 2.24) is 19.7 Å². The van der Waals surface area contributed by atoms with E-state index < -0.39 is 0 Å². The van der Waals surface area contributed by atoms with E-state index in [1.165, 1.54) is 5.56 Å². The summed E-state index contributed by atoms with van der Waals surface area (Å²) in [6.45, 7) is 6.60. The van der Waals surface area contributed by atoms with Gasteiger partial charge in [0.1, 0.15) is 5.82 Å². The highest BCUT2D eigenvalue weighted by Crippen LogP contribution is 2.25. The SMILES string of the molecule is c1cnc2c(c1)CN(C1CCOC1)CCN2CCn1cccn1. The lowest BCUT2D eigenvalue weighted by molar-refractivity contribution is 0.142. The molecule has 0 saturated carbocycles. The van der Waals surface area contributed by atoms with Crippen LogP contribution >= 0.6 is 0 Å². The van der Waals surface area contributed by atoms with Gasteiger partial charge in [0.25, 0.3) is 0 Å². The fraction of sp³-hybridized carbons (Fsp3) is 0.529. The summed E-state index contributed by atoms with van der Waals surface area (Å²) in [6, 6.07) is 6.77. The number of hydrogen-bond donors (Lipinski definition) is 0. The number of fused-ring (bicyclic) bond motifs is 1. The summed E-state index contributed by atoms with van der Waals surface area (Å²) in [7, 11) is 0. The molecule has 1 atom stereocenters. The highest BCUT2D eigenvalue weighted by molar-refractivity contribution is 5.47. The van der Waals surface area contributed by atoms with E-state index in [-0.39, 0.29) is 0 Å². The molecule has 2 aromatic heterocycles. The van der Waals surface area contributed by atoms with Gasteiger partial charge in [0.15, 0.2) is 0 Å². The number of rotatable bonds is 4. The third kappa shape index (κ3) is 3.23. The zero-order valence-corrected chi connectivity index (χ0v) is 13.3. The predicted molar refractivity (Wildman–Crippen MR) is 88.3 cm³/mol. The Balaban J connectivity index is 1.51. The summed E-state index contributed by atoms with van der Waals surface area (Å²) in [4.78, 5) is 9.61. The zero-order chi connectivity index (χ0) is 15.5. The second kappa shape index (κ2) is 6.68. The number of pyridine rings is 1. The Morgan fingerprint density at radius 2 is 2.17 bits per heavy atom. The molecule has 0 bridgehead atoms. The molecule has 23 heavy (non-hydrogen) atoms. The van der Waals surface area contributed by atoms with Gasteiger partial charge in [-0.1, -0.05) is 6.07 Å².